The highest BCUT2D eigenvalue weighted by Crippen LogP contribution is 2.32. The van der Waals surface area contributed by atoms with Crippen LogP contribution < -0.4 is 11.1 Å². The highest BCUT2D eigenvalue weighted by Gasteiger charge is 2.46. The van der Waals surface area contributed by atoms with E-state index < -0.39 is 5.54 Å². The van der Waals surface area contributed by atoms with E-state index in [4.69, 9.17) is 10.5 Å². The third-order valence-electron chi connectivity index (χ3n) is 2.94. The zero-order chi connectivity index (χ0) is 11.7. The van der Waals surface area contributed by atoms with E-state index in [1.165, 1.54) is 0 Å². The number of nitrogens with two attached hydrogens (primary N) is 1. The minimum atomic E-state index is -0.587. The first-order chi connectivity index (χ1) is 6.79. The van der Waals surface area contributed by atoms with Crippen LogP contribution in [0.25, 0.3) is 0 Å². The Hall–Kier alpha value is -0.610. The van der Waals surface area contributed by atoms with Gasteiger partial charge < -0.3 is 15.8 Å². The van der Waals surface area contributed by atoms with E-state index in [0.717, 1.165) is 12.8 Å². The Bertz CT molecular complexity index is 241. The van der Waals surface area contributed by atoms with Gasteiger partial charge in [0, 0.05) is 13.7 Å². The molecule has 0 saturated heterocycles. The third-order valence-corrected chi connectivity index (χ3v) is 2.94. The second kappa shape index (κ2) is 4.10. The fraction of sp³-hybridized carbons (Fsp3) is 0.909. The van der Waals surface area contributed by atoms with Gasteiger partial charge in [0.15, 0.2) is 0 Å². The van der Waals surface area contributed by atoms with Gasteiger partial charge in [-0.1, -0.05) is 20.8 Å². The maximum absolute atomic E-state index is 11.6. The van der Waals surface area contributed by atoms with Gasteiger partial charge in [-0.05, 0) is 18.3 Å². The number of carbonyl (C=O) groups is 1. The zero-order valence-electron chi connectivity index (χ0n) is 10.1. The Morgan fingerprint density at radius 2 is 2.07 bits per heavy atom. The molecule has 0 aromatic carbocycles. The van der Waals surface area contributed by atoms with Crippen LogP contribution in [0.5, 0.6) is 0 Å². The summed E-state index contributed by atoms with van der Waals surface area (Å²) < 4.78 is 5.34. The maximum atomic E-state index is 11.6. The number of carbonyl (C=O) groups excluding carboxylic acids is 1. The van der Waals surface area contributed by atoms with Gasteiger partial charge in [-0.2, -0.15) is 0 Å². The first-order valence-corrected chi connectivity index (χ1v) is 5.39. The number of methoxy groups -OCH3 is 1. The van der Waals surface area contributed by atoms with Crippen molar-refractivity contribution in [2.45, 2.75) is 45.3 Å². The molecule has 15 heavy (non-hydrogen) atoms. The van der Waals surface area contributed by atoms with Gasteiger partial charge in [0.1, 0.15) is 0 Å². The summed E-state index contributed by atoms with van der Waals surface area (Å²) in [7, 11) is 1.66. The van der Waals surface area contributed by atoms with Crippen LogP contribution in [0.2, 0.25) is 0 Å². The van der Waals surface area contributed by atoms with E-state index in [-0.39, 0.29) is 17.4 Å². The highest BCUT2D eigenvalue weighted by molar-refractivity contribution is 5.88. The molecule has 1 amide bonds. The molecule has 0 heterocycles. The molecule has 1 aliphatic rings. The highest BCUT2D eigenvalue weighted by atomic mass is 16.5. The molecule has 4 nitrogen and oxygen atoms in total. The van der Waals surface area contributed by atoms with Gasteiger partial charge in [0.2, 0.25) is 5.91 Å². The minimum absolute atomic E-state index is 0.0174. The normalized spacial score (nSPS) is 20.9. The number of amides is 1. The molecule has 1 saturated carbocycles. The van der Waals surface area contributed by atoms with E-state index in [0.29, 0.717) is 6.54 Å². The maximum Gasteiger partial charge on any atom is 0.240 e. The topological polar surface area (TPSA) is 64.3 Å². The van der Waals surface area contributed by atoms with E-state index in [2.05, 4.69) is 26.1 Å². The summed E-state index contributed by atoms with van der Waals surface area (Å²) in [4.78, 5) is 11.6. The molecule has 1 atom stereocenters. The van der Waals surface area contributed by atoms with Crippen LogP contribution in [0.4, 0.5) is 0 Å². The van der Waals surface area contributed by atoms with Gasteiger partial charge in [0.25, 0.3) is 0 Å². The summed E-state index contributed by atoms with van der Waals surface area (Å²) in [6.07, 6.45) is 1.61. The largest absolute Gasteiger partial charge is 0.379 e. The molecular formula is C11H22N2O2. The Kier molecular flexibility index (Phi) is 3.41. The van der Waals surface area contributed by atoms with Crippen molar-refractivity contribution in [3.8, 4) is 0 Å². The molecule has 1 rings (SSSR count). The standard InChI is InChI=1S/C11H22N2O2/c1-10(2,3)8(15-4)7-13-9(14)11(12)5-6-11/h8H,5-7,12H2,1-4H3,(H,13,14). The molecule has 0 aromatic rings. The molecule has 1 unspecified atom stereocenters. The molecule has 0 bridgehead atoms. The molecule has 4 heteroatoms. The van der Waals surface area contributed by atoms with Crippen molar-refractivity contribution >= 4 is 5.91 Å². The van der Waals surface area contributed by atoms with Crippen molar-refractivity contribution in [2.24, 2.45) is 11.1 Å². The first-order valence-electron chi connectivity index (χ1n) is 5.39. The number of rotatable bonds is 4. The van der Waals surface area contributed by atoms with Crippen molar-refractivity contribution in [1.82, 2.24) is 5.32 Å². The first kappa shape index (κ1) is 12.5. The molecule has 0 spiro atoms. The number of nitrogens with one attached hydrogen (secondary N) is 1. The van der Waals surface area contributed by atoms with E-state index >= 15 is 0 Å². The Morgan fingerprint density at radius 1 is 1.53 bits per heavy atom. The number of hydrogen-bond donors (Lipinski definition) is 2. The molecule has 1 aliphatic carbocycles. The Labute approximate surface area is 91.5 Å². The van der Waals surface area contributed by atoms with Crippen LogP contribution in [-0.2, 0) is 9.53 Å². The van der Waals surface area contributed by atoms with Crippen LogP contribution >= 0.6 is 0 Å². The molecule has 88 valence electrons. The third kappa shape index (κ3) is 3.18. The van der Waals surface area contributed by atoms with Crippen molar-refractivity contribution in [2.75, 3.05) is 13.7 Å². The second-order valence-electron chi connectivity index (χ2n) is 5.46. The molecule has 3 N–H and O–H groups in total. The lowest BCUT2D eigenvalue weighted by atomic mass is 9.89. The smallest absolute Gasteiger partial charge is 0.240 e. The Morgan fingerprint density at radius 3 is 2.40 bits per heavy atom. The molecule has 1 fully saturated rings. The lowest BCUT2D eigenvalue weighted by Gasteiger charge is -2.29. The van der Waals surface area contributed by atoms with Crippen molar-refractivity contribution in [1.29, 1.82) is 0 Å². The predicted octanol–water partition coefficient (Wildman–Crippen LogP) is 0.655. The quantitative estimate of drug-likeness (QED) is 0.722. The predicted molar refractivity (Wildman–Crippen MR) is 59.4 cm³/mol. The summed E-state index contributed by atoms with van der Waals surface area (Å²) in [5.41, 5.74) is 5.21. The van der Waals surface area contributed by atoms with E-state index in [1.54, 1.807) is 7.11 Å². The monoisotopic (exact) mass is 214 g/mol. The van der Waals surface area contributed by atoms with Crippen LogP contribution in [-0.4, -0.2) is 31.2 Å². The Balaban J connectivity index is 2.38. The molecule has 0 radical (unpaired) electrons. The van der Waals surface area contributed by atoms with Gasteiger partial charge in [0.05, 0.1) is 11.6 Å². The van der Waals surface area contributed by atoms with Crippen molar-refractivity contribution < 1.29 is 9.53 Å². The molecule has 0 aliphatic heterocycles. The lowest BCUT2D eigenvalue weighted by Crippen LogP contribution is -2.47. The van der Waals surface area contributed by atoms with Gasteiger partial charge in [-0.25, -0.2) is 0 Å². The van der Waals surface area contributed by atoms with E-state index in [9.17, 15) is 4.79 Å². The lowest BCUT2D eigenvalue weighted by molar-refractivity contribution is -0.124. The summed E-state index contributed by atoms with van der Waals surface area (Å²) >= 11 is 0. The molecule has 0 aromatic heterocycles. The van der Waals surface area contributed by atoms with Crippen molar-refractivity contribution in [3.05, 3.63) is 0 Å². The minimum Gasteiger partial charge on any atom is -0.379 e. The summed E-state index contributed by atoms with van der Waals surface area (Å²) in [6.45, 7) is 6.78. The zero-order valence-corrected chi connectivity index (χ0v) is 10.1. The van der Waals surface area contributed by atoms with Gasteiger partial charge in [-0.15, -0.1) is 0 Å². The summed E-state index contributed by atoms with van der Waals surface area (Å²) in [5.74, 6) is -0.0474. The molecular weight excluding hydrogens is 192 g/mol. The average molecular weight is 214 g/mol. The SMILES string of the molecule is COC(CNC(=O)C1(N)CC1)C(C)(C)C. The van der Waals surface area contributed by atoms with Crippen LogP contribution in [0.1, 0.15) is 33.6 Å². The van der Waals surface area contributed by atoms with E-state index in [1.807, 2.05) is 0 Å². The fourth-order valence-electron chi connectivity index (χ4n) is 1.47. The van der Waals surface area contributed by atoms with Crippen LogP contribution in [0.3, 0.4) is 0 Å². The van der Waals surface area contributed by atoms with Gasteiger partial charge in [-0.3, -0.25) is 4.79 Å². The summed E-state index contributed by atoms with van der Waals surface area (Å²) in [5, 5.41) is 2.85. The number of hydrogen-bond acceptors (Lipinski definition) is 3. The second-order valence-corrected chi connectivity index (χ2v) is 5.46. The fourth-order valence-corrected chi connectivity index (χ4v) is 1.47. The number of ether oxygens (including phenoxy) is 1. The van der Waals surface area contributed by atoms with Crippen molar-refractivity contribution in [3.63, 3.8) is 0 Å². The van der Waals surface area contributed by atoms with Gasteiger partial charge >= 0.3 is 0 Å². The van der Waals surface area contributed by atoms with Crippen LogP contribution in [0, 0.1) is 5.41 Å². The summed E-state index contributed by atoms with van der Waals surface area (Å²) in [6, 6.07) is 0. The van der Waals surface area contributed by atoms with Crippen LogP contribution in [0.15, 0.2) is 0 Å². The average Bonchev–Trinajstić information content (AvgIpc) is 2.83.